The van der Waals surface area contributed by atoms with Crippen LogP contribution in [0.5, 0.6) is 5.75 Å². The summed E-state index contributed by atoms with van der Waals surface area (Å²) in [5.74, 6) is 0.927. The van der Waals surface area contributed by atoms with E-state index in [0.29, 0.717) is 44.9 Å². The van der Waals surface area contributed by atoms with Gasteiger partial charge in [-0.1, -0.05) is 20.8 Å². The first-order chi connectivity index (χ1) is 12.3. The second-order valence-electron chi connectivity index (χ2n) is 8.27. The van der Waals surface area contributed by atoms with Crippen molar-refractivity contribution in [3.05, 3.63) is 29.3 Å². The van der Waals surface area contributed by atoms with Crippen LogP contribution in [-0.4, -0.2) is 61.1 Å². The molecular weight excluding hydrogens is 330 g/mol. The van der Waals surface area contributed by atoms with Gasteiger partial charge in [-0.25, -0.2) is 4.79 Å². The highest BCUT2D eigenvalue weighted by molar-refractivity contribution is 5.94. The van der Waals surface area contributed by atoms with Crippen LogP contribution in [0.4, 0.5) is 4.79 Å². The van der Waals surface area contributed by atoms with Crippen LogP contribution in [0, 0.1) is 5.41 Å². The van der Waals surface area contributed by atoms with Crippen molar-refractivity contribution in [3.8, 4) is 5.75 Å². The average molecular weight is 359 g/mol. The minimum absolute atomic E-state index is 0.0381. The maximum Gasteiger partial charge on any atom is 0.317 e. The van der Waals surface area contributed by atoms with E-state index in [1.807, 2.05) is 28.0 Å². The third kappa shape index (κ3) is 4.48. The Morgan fingerprint density at radius 3 is 2.62 bits per heavy atom. The average Bonchev–Trinajstić information content (AvgIpc) is 2.93. The lowest BCUT2D eigenvalue weighted by molar-refractivity contribution is 0.0762. The molecule has 6 nitrogen and oxygen atoms in total. The molecule has 3 rings (SSSR count). The summed E-state index contributed by atoms with van der Waals surface area (Å²) in [4.78, 5) is 28.9. The molecule has 142 valence electrons. The highest BCUT2D eigenvalue weighted by Gasteiger charge is 2.24. The van der Waals surface area contributed by atoms with Crippen molar-refractivity contribution in [1.82, 2.24) is 15.1 Å². The number of carbonyl (C=O) groups is 2. The predicted octanol–water partition coefficient (Wildman–Crippen LogP) is 2.53. The summed E-state index contributed by atoms with van der Waals surface area (Å²) >= 11 is 0. The van der Waals surface area contributed by atoms with Gasteiger partial charge in [0.25, 0.3) is 5.91 Å². The SMILES string of the molecule is CC(C)(C)CNC(=O)N1CCCN(C(=O)c2ccc3c(c2)CCO3)CC1. The van der Waals surface area contributed by atoms with Crippen molar-refractivity contribution in [1.29, 1.82) is 0 Å². The molecule has 1 aromatic rings. The molecule has 0 aliphatic carbocycles. The molecule has 2 heterocycles. The highest BCUT2D eigenvalue weighted by Crippen LogP contribution is 2.26. The first-order valence-corrected chi connectivity index (χ1v) is 9.41. The molecule has 0 radical (unpaired) electrons. The van der Waals surface area contributed by atoms with E-state index in [2.05, 4.69) is 26.1 Å². The fraction of sp³-hybridized carbons (Fsp3) is 0.600. The molecule has 1 fully saturated rings. The number of amides is 3. The summed E-state index contributed by atoms with van der Waals surface area (Å²) < 4.78 is 5.51. The fourth-order valence-corrected chi connectivity index (χ4v) is 3.28. The molecule has 2 aliphatic heterocycles. The lowest BCUT2D eigenvalue weighted by atomic mass is 9.97. The summed E-state index contributed by atoms with van der Waals surface area (Å²) in [6.07, 6.45) is 1.65. The zero-order valence-corrected chi connectivity index (χ0v) is 16.0. The largest absolute Gasteiger partial charge is 0.493 e. The zero-order chi connectivity index (χ0) is 18.7. The number of ether oxygens (including phenoxy) is 1. The summed E-state index contributed by atoms with van der Waals surface area (Å²) in [6, 6.07) is 5.64. The number of nitrogens with zero attached hydrogens (tertiary/aromatic N) is 2. The Kier molecular flexibility index (Phi) is 5.39. The van der Waals surface area contributed by atoms with Crippen molar-refractivity contribution >= 4 is 11.9 Å². The van der Waals surface area contributed by atoms with Crippen LogP contribution in [0.25, 0.3) is 0 Å². The first kappa shape index (κ1) is 18.5. The minimum atomic E-state index is -0.0381. The molecule has 6 heteroatoms. The van der Waals surface area contributed by atoms with Gasteiger partial charge in [0, 0.05) is 44.7 Å². The van der Waals surface area contributed by atoms with E-state index in [9.17, 15) is 9.59 Å². The lowest BCUT2D eigenvalue weighted by Crippen LogP contribution is -2.44. The summed E-state index contributed by atoms with van der Waals surface area (Å²) in [7, 11) is 0. The second-order valence-corrected chi connectivity index (χ2v) is 8.27. The van der Waals surface area contributed by atoms with E-state index >= 15 is 0 Å². The van der Waals surface area contributed by atoms with Crippen LogP contribution in [-0.2, 0) is 6.42 Å². The van der Waals surface area contributed by atoms with Gasteiger partial charge < -0.3 is 19.9 Å². The number of benzene rings is 1. The molecule has 0 atom stereocenters. The van der Waals surface area contributed by atoms with Crippen LogP contribution in [0.15, 0.2) is 18.2 Å². The van der Waals surface area contributed by atoms with Crippen LogP contribution >= 0.6 is 0 Å². The molecule has 1 aromatic carbocycles. The number of carbonyl (C=O) groups excluding carboxylic acids is 2. The topological polar surface area (TPSA) is 61.9 Å². The van der Waals surface area contributed by atoms with Gasteiger partial charge in [-0.3, -0.25) is 4.79 Å². The number of nitrogens with one attached hydrogen (secondary N) is 1. The van der Waals surface area contributed by atoms with Crippen molar-refractivity contribution in [2.45, 2.75) is 33.6 Å². The standard InChI is InChI=1S/C20H29N3O3/c1-20(2,3)14-21-19(25)23-9-4-8-22(10-11-23)18(24)16-5-6-17-15(13-16)7-12-26-17/h5-6,13H,4,7-12,14H2,1-3H3,(H,21,25). The molecule has 1 N–H and O–H groups in total. The molecule has 1 saturated heterocycles. The Hall–Kier alpha value is -2.24. The molecule has 2 aliphatic rings. The number of hydrogen-bond acceptors (Lipinski definition) is 3. The quantitative estimate of drug-likeness (QED) is 0.883. The summed E-state index contributed by atoms with van der Waals surface area (Å²) in [6.45, 7) is 10.1. The van der Waals surface area contributed by atoms with Crippen molar-refractivity contribution in [2.75, 3.05) is 39.3 Å². The molecule has 3 amide bonds. The third-order valence-corrected chi connectivity index (χ3v) is 4.78. The number of rotatable bonds is 2. The molecule has 0 saturated carbocycles. The van der Waals surface area contributed by atoms with E-state index in [-0.39, 0.29) is 17.4 Å². The maximum absolute atomic E-state index is 12.9. The fourth-order valence-electron chi connectivity index (χ4n) is 3.28. The van der Waals surface area contributed by atoms with Gasteiger partial charge in [-0.05, 0) is 35.6 Å². The molecule has 0 bridgehead atoms. The van der Waals surface area contributed by atoms with Gasteiger partial charge >= 0.3 is 6.03 Å². The van der Waals surface area contributed by atoms with Crippen molar-refractivity contribution < 1.29 is 14.3 Å². The van der Waals surface area contributed by atoms with Crippen molar-refractivity contribution in [2.24, 2.45) is 5.41 Å². The summed E-state index contributed by atoms with van der Waals surface area (Å²) in [5.41, 5.74) is 1.87. The van der Waals surface area contributed by atoms with E-state index < -0.39 is 0 Å². The van der Waals surface area contributed by atoms with E-state index in [1.165, 1.54) is 0 Å². The van der Waals surface area contributed by atoms with Gasteiger partial charge in [-0.15, -0.1) is 0 Å². The van der Waals surface area contributed by atoms with E-state index in [0.717, 1.165) is 24.2 Å². The van der Waals surface area contributed by atoms with Gasteiger partial charge in [0.15, 0.2) is 0 Å². The zero-order valence-electron chi connectivity index (χ0n) is 16.0. The Morgan fingerprint density at radius 2 is 1.85 bits per heavy atom. The lowest BCUT2D eigenvalue weighted by Gasteiger charge is -2.25. The number of fused-ring (bicyclic) bond motifs is 1. The smallest absolute Gasteiger partial charge is 0.317 e. The molecular formula is C20H29N3O3. The number of urea groups is 1. The molecule has 0 unspecified atom stereocenters. The maximum atomic E-state index is 12.9. The van der Waals surface area contributed by atoms with E-state index in [4.69, 9.17) is 4.74 Å². The predicted molar refractivity (Wildman–Crippen MR) is 101 cm³/mol. The van der Waals surface area contributed by atoms with Gasteiger partial charge in [0.05, 0.1) is 6.61 Å². The van der Waals surface area contributed by atoms with Gasteiger partial charge in [0.2, 0.25) is 0 Å². The van der Waals surface area contributed by atoms with Crippen LogP contribution in [0.1, 0.15) is 43.1 Å². The molecule has 0 aromatic heterocycles. The molecule has 26 heavy (non-hydrogen) atoms. The second kappa shape index (κ2) is 7.56. The Bertz CT molecular complexity index is 681. The monoisotopic (exact) mass is 359 g/mol. The van der Waals surface area contributed by atoms with Crippen LogP contribution in [0.3, 0.4) is 0 Å². The Balaban J connectivity index is 1.58. The van der Waals surface area contributed by atoms with Gasteiger partial charge in [-0.2, -0.15) is 0 Å². The first-order valence-electron chi connectivity index (χ1n) is 9.41. The van der Waals surface area contributed by atoms with Crippen LogP contribution < -0.4 is 10.1 Å². The normalized spacial score (nSPS) is 17.3. The number of hydrogen-bond donors (Lipinski definition) is 1. The molecule has 0 spiro atoms. The van der Waals surface area contributed by atoms with Gasteiger partial charge in [0.1, 0.15) is 5.75 Å². The minimum Gasteiger partial charge on any atom is -0.493 e. The van der Waals surface area contributed by atoms with Crippen molar-refractivity contribution in [3.63, 3.8) is 0 Å². The highest BCUT2D eigenvalue weighted by atomic mass is 16.5. The van der Waals surface area contributed by atoms with E-state index in [1.54, 1.807) is 0 Å². The summed E-state index contributed by atoms with van der Waals surface area (Å²) in [5, 5.41) is 2.99. The Labute approximate surface area is 155 Å². The van der Waals surface area contributed by atoms with Crippen LogP contribution in [0.2, 0.25) is 0 Å². The third-order valence-electron chi connectivity index (χ3n) is 4.78. The Morgan fingerprint density at radius 1 is 1.12 bits per heavy atom.